The van der Waals surface area contributed by atoms with Crippen molar-refractivity contribution >= 4 is 23.5 Å². The molecule has 5 N–H and O–H groups in total. The molecule has 2 amide bonds. The summed E-state index contributed by atoms with van der Waals surface area (Å²) in [6.45, 7) is 0.265. The van der Waals surface area contributed by atoms with Gasteiger partial charge < -0.3 is 21.3 Å². The molecule has 0 spiro atoms. The summed E-state index contributed by atoms with van der Waals surface area (Å²) in [6.07, 6.45) is 0.515. The fourth-order valence-electron chi connectivity index (χ4n) is 4.44. The third-order valence-corrected chi connectivity index (χ3v) is 6.43. The highest BCUT2D eigenvalue weighted by atomic mass is 16.7. The number of hydrogen-bond acceptors (Lipinski definition) is 6. The standard InChI is InChI=1S/C29H35N7O4/c1-34(2)24-17-15-21(16-18-24)20-35(25(27(30)37)14-9-19-32-29(31)33-36(39)40)28(38)26(22-10-5-3-6-11-22)23-12-7-4-8-13-23/h3-8,10-13,15-18,25-26H,9,14,19-20H2,1-2H3,(H2,30,37)(H3,31,32,33)/t25-/m0/s1. The average Bonchev–Trinajstić information content (AvgIpc) is 2.93. The van der Waals surface area contributed by atoms with Crippen LogP contribution in [0.15, 0.2) is 89.9 Å². The molecule has 0 aliphatic carbocycles. The van der Waals surface area contributed by atoms with E-state index in [2.05, 4.69) is 4.99 Å². The molecule has 0 fully saturated rings. The number of benzene rings is 3. The van der Waals surface area contributed by atoms with Gasteiger partial charge in [-0.25, -0.2) is 15.1 Å². The van der Waals surface area contributed by atoms with E-state index < -0.39 is 22.9 Å². The van der Waals surface area contributed by atoms with Gasteiger partial charge in [-0.05, 0) is 41.7 Å². The van der Waals surface area contributed by atoms with Gasteiger partial charge in [-0.3, -0.25) is 9.59 Å². The number of anilines is 1. The van der Waals surface area contributed by atoms with Crippen molar-refractivity contribution in [3.63, 3.8) is 0 Å². The smallest absolute Gasteiger partial charge is 0.251 e. The van der Waals surface area contributed by atoms with Crippen molar-refractivity contribution in [3.8, 4) is 0 Å². The largest absolute Gasteiger partial charge is 0.378 e. The Morgan fingerprint density at radius 2 is 1.48 bits per heavy atom. The minimum Gasteiger partial charge on any atom is -0.378 e. The van der Waals surface area contributed by atoms with E-state index in [1.807, 2.05) is 104 Å². The first kappa shape index (κ1) is 29.6. The number of aliphatic imine (C=N–C) groups is 1. The van der Waals surface area contributed by atoms with Crippen molar-refractivity contribution < 1.29 is 14.6 Å². The highest BCUT2D eigenvalue weighted by Crippen LogP contribution is 2.29. The number of nitro groups is 1. The molecule has 0 saturated heterocycles. The summed E-state index contributed by atoms with van der Waals surface area (Å²) in [5.41, 5.74) is 16.6. The quantitative estimate of drug-likeness (QED) is 0.0978. The summed E-state index contributed by atoms with van der Waals surface area (Å²) in [4.78, 5) is 45.2. The molecule has 0 radical (unpaired) electrons. The van der Waals surface area contributed by atoms with Crippen molar-refractivity contribution in [2.45, 2.75) is 31.3 Å². The number of hydrazine groups is 1. The van der Waals surface area contributed by atoms with Crippen molar-refractivity contribution in [1.29, 1.82) is 0 Å². The Balaban J connectivity index is 1.97. The van der Waals surface area contributed by atoms with E-state index in [9.17, 15) is 19.7 Å². The number of rotatable bonds is 13. The number of nitrogens with one attached hydrogen (secondary N) is 1. The lowest BCUT2D eigenvalue weighted by atomic mass is 9.89. The van der Waals surface area contributed by atoms with E-state index >= 15 is 0 Å². The third kappa shape index (κ3) is 8.29. The van der Waals surface area contributed by atoms with Crippen molar-refractivity contribution in [2.75, 3.05) is 25.5 Å². The van der Waals surface area contributed by atoms with Crippen LogP contribution in [0.5, 0.6) is 0 Å². The van der Waals surface area contributed by atoms with Gasteiger partial charge >= 0.3 is 0 Å². The number of nitrogens with two attached hydrogens (primary N) is 2. The fourth-order valence-corrected chi connectivity index (χ4v) is 4.44. The molecule has 40 heavy (non-hydrogen) atoms. The van der Waals surface area contributed by atoms with E-state index in [0.29, 0.717) is 6.42 Å². The number of carbonyl (C=O) groups excluding carboxylic acids is 2. The normalized spacial score (nSPS) is 12.0. The number of hydrogen-bond donors (Lipinski definition) is 3. The van der Waals surface area contributed by atoms with Crippen LogP contribution >= 0.6 is 0 Å². The minimum atomic E-state index is -0.948. The van der Waals surface area contributed by atoms with E-state index in [1.54, 1.807) is 5.43 Å². The Morgan fingerprint density at radius 3 is 1.95 bits per heavy atom. The van der Waals surface area contributed by atoms with E-state index in [4.69, 9.17) is 11.5 Å². The first-order chi connectivity index (χ1) is 19.2. The Morgan fingerprint density at radius 1 is 0.925 bits per heavy atom. The summed E-state index contributed by atoms with van der Waals surface area (Å²) in [6, 6.07) is 25.6. The maximum Gasteiger partial charge on any atom is 0.251 e. The van der Waals surface area contributed by atoms with E-state index in [-0.39, 0.29) is 31.4 Å². The Kier molecular flexibility index (Phi) is 10.6. The topological polar surface area (TPSA) is 160 Å². The molecule has 0 aromatic heterocycles. The van der Waals surface area contributed by atoms with E-state index in [0.717, 1.165) is 22.4 Å². The molecule has 1 atom stereocenters. The molecule has 3 rings (SSSR count). The van der Waals surface area contributed by atoms with Gasteiger partial charge in [-0.2, -0.15) is 0 Å². The number of primary amides is 1. The predicted octanol–water partition coefficient (Wildman–Crippen LogP) is 2.64. The average molecular weight is 546 g/mol. The van der Waals surface area contributed by atoms with Crippen LogP contribution in [0.1, 0.15) is 35.4 Å². The molecule has 210 valence electrons. The molecule has 11 heteroatoms. The zero-order valence-electron chi connectivity index (χ0n) is 22.6. The second-order valence-corrected chi connectivity index (χ2v) is 9.48. The lowest BCUT2D eigenvalue weighted by Gasteiger charge is -2.33. The maximum absolute atomic E-state index is 14.4. The van der Waals surface area contributed by atoms with Gasteiger partial charge in [0.05, 0.1) is 5.92 Å². The lowest BCUT2D eigenvalue weighted by Crippen LogP contribution is -2.49. The van der Waals surface area contributed by atoms with Crippen LogP contribution < -0.4 is 21.8 Å². The highest BCUT2D eigenvalue weighted by molar-refractivity contribution is 5.92. The van der Waals surface area contributed by atoms with Gasteiger partial charge in [0.2, 0.25) is 11.8 Å². The SMILES string of the molecule is CN(C)c1ccc(CN(C(=O)C(c2ccccc2)c2ccccc2)[C@@H](CCCN=C(N)N[N+](=O)[O-])C(N)=O)cc1. The van der Waals surface area contributed by atoms with Gasteiger partial charge in [0.15, 0.2) is 5.03 Å². The summed E-state index contributed by atoms with van der Waals surface area (Å²) >= 11 is 0. The van der Waals surface area contributed by atoms with Gasteiger partial charge in [-0.15, -0.1) is 0 Å². The van der Waals surface area contributed by atoms with Gasteiger partial charge in [-0.1, -0.05) is 78.2 Å². The maximum atomic E-state index is 14.4. The van der Waals surface area contributed by atoms with Crippen molar-refractivity contribution in [2.24, 2.45) is 16.5 Å². The molecule has 3 aromatic rings. The number of carbonyl (C=O) groups is 2. The van der Waals surface area contributed by atoms with Crippen molar-refractivity contribution in [3.05, 3.63) is 112 Å². The molecule has 0 bridgehead atoms. The Hall–Kier alpha value is -4.93. The minimum absolute atomic E-state index is 0.108. The summed E-state index contributed by atoms with van der Waals surface area (Å²) < 4.78 is 0. The monoisotopic (exact) mass is 545 g/mol. The number of guanidine groups is 1. The summed E-state index contributed by atoms with van der Waals surface area (Å²) in [5, 5.41) is 9.75. The summed E-state index contributed by atoms with van der Waals surface area (Å²) in [7, 11) is 3.88. The second kappa shape index (κ2) is 14.3. The molecular formula is C29H35N7O4. The van der Waals surface area contributed by atoms with Gasteiger partial charge in [0.25, 0.3) is 5.96 Å². The molecule has 0 saturated carbocycles. The Bertz CT molecular complexity index is 1260. The third-order valence-electron chi connectivity index (χ3n) is 6.43. The highest BCUT2D eigenvalue weighted by Gasteiger charge is 2.34. The van der Waals surface area contributed by atoms with Crippen LogP contribution in [0.2, 0.25) is 0 Å². The molecule has 3 aromatic carbocycles. The first-order valence-electron chi connectivity index (χ1n) is 12.8. The van der Waals surface area contributed by atoms with Crippen LogP contribution in [-0.2, 0) is 16.1 Å². The van der Waals surface area contributed by atoms with Crippen LogP contribution in [-0.4, -0.2) is 54.4 Å². The first-order valence-corrected chi connectivity index (χ1v) is 12.8. The fraction of sp³-hybridized carbons (Fsp3) is 0.276. The van der Waals surface area contributed by atoms with Crippen LogP contribution in [0.3, 0.4) is 0 Å². The molecule has 0 aliphatic heterocycles. The number of nitrogens with zero attached hydrogens (tertiary/aromatic N) is 4. The van der Waals surface area contributed by atoms with E-state index in [1.165, 1.54) is 4.90 Å². The van der Waals surface area contributed by atoms with Crippen LogP contribution in [0.25, 0.3) is 0 Å². The molecule has 0 unspecified atom stereocenters. The zero-order valence-corrected chi connectivity index (χ0v) is 22.6. The Labute approximate surface area is 233 Å². The van der Waals surface area contributed by atoms with Crippen LogP contribution in [0.4, 0.5) is 5.69 Å². The molecule has 0 heterocycles. The molecular weight excluding hydrogens is 510 g/mol. The molecule has 11 nitrogen and oxygen atoms in total. The lowest BCUT2D eigenvalue weighted by molar-refractivity contribution is -0.525. The molecule has 0 aliphatic rings. The number of amides is 2. The summed E-state index contributed by atoms with van der Waals surface area (Å²) in [5.74, 6) is -1.93. The van der Waals surface area contributed by atoms with Crippen LogP contribution in [0, 0.1) is 10.1 Å². The predicted molar refractivity (Wildman–Crippen MR) is 155 cm³/mol. The zero-order chi connectivity index (χ0) is 29.1. The van der Waals surface area contributed by atoms with Crippen molar-refractivity contribution in [1.82, 2.24) is 10.3 Å². The van der Waals surface area contributed by atoms with Gasteiger partial charge in [0, 0.05) is 32.9 Å². The second-order valence-electron chi connectivity index (χ2n) is 9.48. The van der Waals surface area contributed by atoms with Gasteiger partial charge in [0.1, 0.15) is 6.04 Å².